The molecule has 0 aromatic heterocycles. The summed E-state index contributed by atoms with van der Waals surface area (Å²) in [6.07, 6.45) is 2.90. The molecule has 0 bridgehead atoms. The molecule has 0 aliphatic carbocycles. The van der Waals surface area contributed by atoms with Crippen LogP contribution in [0.5, 0.6) is 0 Å². The van der Waals surface area contributed by atoms with Gasteiger partial charge in [-0.2, -0.15) is 0 Å². The Morgan fingerprint density at radius 3 is 2.25 bits per heavy atom. The van der Waals surface area contributed by atoms with Gasteiger partial charge in [0.1, 0.15) is 0 Å². The van der Waals surface area contributed by atoms with Crippen molar-refractivity contribution < 1.29 is 14.4 Å². The molecule has 0 atom stereocenters. The average molecular weight is 283 g/mol. The average Bonchev–Trinajstić information content (AvgIpc) is 2.43. The summed E-state index contributed by atoms with van der Waals surface area (Å²) in [5.74, 6) is 0.106. The van der Waals surface area contributed by atoms with Crippen LogP contribution in [0.25, 0.3) is 0 Å². The van der Waals surface area contributed by atoms with Crippen LogP contribution in [0.2, 0.25) is 0 Å². The van der Waals surface area contributed by atoms with Crippen LogP contribution in [-0.2, 0) is 14.4 Å². The third-order valence-electron chi connectivity index (χ3n) is 3.48. The molecular formula is C14H25N3O3. The molecule has 0 aromatic carbocycles. The molecule has 1 rings (SSSR count). The van der Waals surface area contributed by atoms with E-state index in [1.807, 2.05) is 11.8 Å². The lowest BCUT2D eigenvalue weighted by Crippen LogP contribution is -2.44. The third kappa shape index (κ3) is 5.59. The van der Waals surface area contributed by atoms with Crippen LogP contribution in [0.1, 0.15) is 39.5 Å². The zero-order valence-electron chi connectivity index (χ0n) is 12.4. The Hall–Kier alpha value is -1.59. The maximum atomic E-state index is 11.9. The zero-order chi connectivity index (χ0) is 15.0. The van der Waals surface area contributed by atoms with Gasteiger partial charge in [-0.05, 0) is 19.3 Å². The lowest BCUT2D eigenvalue weighted by atomic mass is 9.95. The van der Waals surface area contributed by atoms with E-state index < -0.39 is 0 Å². The first-order valence-corrected chi connectivity index (χ1v) is 7.34. The molecule has 2 N–H and O–H groups in total. The van der Waals surface area contributed by atoms with Gasteiger partial charge in [0.05, 0.1) is 0 Å². The number of nitrogens with one attached hydrogen (secondary N) is 2. The number of hydrogen-bond donors (Lipinski definition) is 2. The van der Waals surface area contributed by atoms with Crippen LogP contribution < -0.4 is 10.6 Å². The van der Waals surface area contributed by atoms with Crippen LogP contribution in [-0.4, -0.2) is 48.8 Å². The van der Waals surface area contributed by atoms with Crippen molar-refractivity contribution in [1.82, 2.24) is 15.5 Å². The minimum Gasteiger partial charge on any atom is -0.355 e. The highest BCUT2D eigenvalue weighted by molar-refractivity contribution is 5.80. The van der Waals surface area contributed by atoms with Gasteiger partial charge >= 0.3 is 0 Å². The second kappa shape index (κ2) is 8.55. The Labute approximate surface area is 120 Å². The molecule has 1 fully saturated rings. The van der Waals surface area contributed by atoms with E-state index in [-0.39, 0.29) is 23.6 Å². The Balaban J connectivity index is 2.22. The van der Waals surface area contributed by atoms with Crippen molar-refractivity contribution in [3.8, 4) is 0 Å². The molecule has 1 heterocycles. The Morgan fingerprint density at radius 1 is 1.10 bits per heavy atom. The second-order valence-corrected chi connectivity index (χ2v) is 5.18. The minimum atomic E-state index is -0.0954. The standard InChI is InChI=1S/C14H25N3O3/c1-3-4-13(19)17-9-5-12(6-10-17)14(20)16-8-7-15-11(2)18/h12H,3-10H2,1-2H3,(H,15,18)(H,16,20). The molecule has 0 unspecified atom stereocenters. The van der Waals surface area contributed by atoms with Gasteiger partial charge in [-0.1, -0.05) is 6.92 Å². The van der Waals surface area contributed by atoms with E-state index in [9.17, 15) is 14.4 Å². The predicted octanol–water partition coefficient (Wildman–Crippen LogP) is 0.277. The number of likely N-dealkylation sites (tertiary alicyclic amines) is 1. The first-order valence-electron chi connectivity index (χ1n) is 7.34. The van der Waals surface area contributed by atoms with Crippen molar-refractivity contribution in [2.45, 2.75) is 39.5 Å². The van der Waals surface area contributed by atoms with Crippen molar-refractivity contribution in [2.75, 3.05) is 26.2 Å². The molecule has 1 saturated heterocycles. The summed E-state index contributed by atoms with van der Waals surface area (Å²) in [5, 5.41) is 5.45. The van der Waals surface area contributed by atoms with E-state index in [2.05, 4.69) is 10.6 Å². The highest BCUT2D eigenvalue weighted by Gasteiger charge is 2.26. The summed E-state index contributed by atoms with van der Waals surface area (Å²) in [4.78, 5) is 36.2. The monoisotopic (exact) mass is 283 g/mol. The van der Waals surface area contributed by atoms with Crippen molar-refractivity contribution in [1.29, 1.82) is 0 Å². The summed E-state index contributed by atoms with van der Waals surface area (Å²) in [6, 6.07) is 0. The fraction of sp³-hybridized carbons (Fsp3) is 0.786. The fourth-order valence-electron chi connectivity index (χ4n) is 2.33. The summed E-state index contributed by atoms with van der Waals surface area (Å²) < 4.78 is 0. The number of piperidine rings is 1. The molecule has 6 nitrogen and oxygen atoms in total. The minimum absolute atomic E-state index is 0.0157. The van der Waals surface area contributed by atoms with Crippen LogP contribution in [0.3, 0.4) is 0 Å². The highest BCUT2D eigenvalue weighted by atomic mass is 16.2. The molecule has 1 aliphatic heterocycles. The largest absolute Gasteiger partial charge is 0.355 e. The van der Waals surface area contributed by atoms with Gasteiger partial charge in [-0.3, -0.25) is 14.4 Å². The van der Waals surface area contributed by atoms with Crippen molar-refractivity contribution in [2.24, 2.45) is 5.92 Å². The van der Waals surface area contributed by atoms with Crippen LogP contribution >= 0.6 is 0 Å². The summed E-state index contributed by atoms with van der Waals surface area (Å²) in [6.45, 7) is 5.69. The van der Waals surface area contributed by atoms with E-state index in [0.717, 1.165) is 19.3 Å². The van der Waals surface area contributed by atoms with Gasteiger partial charge in [0.15, 0.2) is 0 Å². The number of carbonyl (C=O) groups excluding carboxylic acids is 3. The lowest BCUT2D eigenvalue weighted by molar-refractivity contribution is -0.135. The first kappa shape index (κ1) is 16.5. The van der Waals surface area contributed by atoms with Gasteiger partial charge in [0.25, 0.3) is 0 Å². The quantitative estimate of drug-likeness (QED) is 0.687. The molecule has 0 saturated carbocycles. The third-order valence-corrected chi connectivity index (χ3v) is 3.48. The van der Waals surface area contributed by atoms with E-state index >= 15 is 0 Å². The Morgan fingerprint density at radius 2 is 1.70 bits per heavy atom. The number of carbonyl (C=O) groups is 3. The SMILES string of the molecule is CCCC(=O)N1CCC(C(=O)NCCNC(C)=O)CC1. The molecule has 114 valence electrons. The van der Waals surface area contributed by atoms with Crippen molar-refractivity contribution in [3.63, 3.8) is 0 Å². The Kier molecular flexibility index (Phi) is 7.04. The molecule has 6 heteroatoms. The normalized spacial score (nSPS) is 15.8. The number of amides is 3. The molecular weight excluding hydrogens is 258 g/mol. The van der Waals surface area contributed by atoms with E-state index in [1.165, 1.54) is 6.92 Å². The molecule has 1 aliphatic rings. The molecule has 0 aromatic rings. The highest BCUT2D eigenvalue weighted by Crippen LogP contribution is 2.18. The molecule has 20 heavy (non-hydrogen) atoms. The lowest BCUT2D eigenvalue weighted by Gasteiger charge is -2.31. The Bertz CT molecular complexity index is 350. The number of nitrogens with zero attached hydrogens (tertiary/aromatic N) is 1. The van der Waals surface area contributed by atoms with E-state index in [4.69, 9.17) is 0 Å². The van der Waals surface area contributed by atoms with Crippen LogP contribution in [0, 0.1) is 5.92 Å². The van der Waals surface area contributed by atoms with E-state index in [0.29, 0.717) is 32.6 Å². The van der Waals surface area contributed by atoms with Crippen LogP contribution in [0.4, 0.5) is 0 Å². The second-order valence-electron chi connectivity index (χ2n) is 5.18. The summed E-state index contributed by atoms with van der Waals surface area (Å²) >= 11 is 0. The summed E-state index contributed by atoms with van der Waals surface area (Å²) in [5.41, 5.74) is 0. The van der Waals surface area contributed by atoms with Gasteiger partial charge < -0.3 is 15.5 Å². The maximum Gasteiger partial charge on any atom is 0.223 e. The van der Waals surface area contributed by atoms with Gasteiger partial charge in [0, 0.05) is 45.4 Å². The van der Waals surface area contributed by atoms with Crippen LogP contribution in [0.15, 0.2) is 0 Å². The zero-order valence-corrected chi connectivity index (χ0v) is 12.4. The fourth-order valence-corrected chi connectivity index (χ4v) is 2.33. The smallest absolute Gasteiger partial charge is 0.223 e. The number of rotatable bonds is 6. The van der Waals surface area contributed by atoms with Crippen molar-refractivity contribution in [3.05, 3.63) is 0 Å². The van der Waals surface area contributed by atoms with Gasteiger partial charge in [-0.15, -0.1) is 0 Å². The maximum absolute atomic E-state index is 11.9. The van der Waals surface area contributed by atoms with E-state index in [1.54, 1.807) is 0 Å². The molecule has 0 spiro atoms. The summed E-state index contributed by atoms with van der Waals surface area (Å²) in [7, 11) is 0. The predicted molar refractivity (Wildman–Crippen MR) is 75.9 cm³/mol. The van der Waals surface area contributed by atoms with Gasteiger partial charge in [-0.25, -0.2) is 0 Å². The topological polar surface area (TPSA) is 78.5 Å². The van der Waals surface area contributed by atoms with Gasteiger partial charge in [0.2, 0.25) is 17.7 Å². The number of hydrogen-bond acceptors (Lipinski definition) is 3. The molecule has 3 amide bonds. The molecule has 0 radical (unpaired) electrons. The first-order chi connectivity index (χ1) is 9.54. The van der Waals surface area contributed by atoms with Crippen molar-refractivity contribution >= 4 is 17.7 Å².